The van der Waals surface area contributed by atoms with E-state index in [0.29, 0.717) is 17.9 Å². The fourth-order valence-electron chi connectivity index (χ4n) is 3.01. The Morgan fingerprint density at radius 2 is 2.04 bits per heavy atom. The minimum atomic E-state index is -0.00481. The Morgan fingerprint density at radius 3 is 2.87 bits per heavy atom. The van der Waals surface area contributed by atoms with E-state index in [-0.39, 0.29) is 5.91 Å². The highest BCUT2D eigenvalue weighted by molar-refractivity contribution is 6.10. The summed E-state index contributed by atoms with van der Waals surface area (Å²) in [6.45, 7) is 0.569. The Balaban J connectivity index is 1.76. The number of rotatable bonds is 2. The predicted octanol–water partition coefficient (Wildman–Crippen LogP) is 2.01. The fourth-order valence-corrected chi connectivity index (χ4v) is 3.01. The Bertz CT molecular complexity index is 937. The van der Waals surface area contributed by atoms with Gasteiger partial charge in [-0.05, 0) is 35.9 Å². The number of benzene rings is 2. The molecular formula is C18H16N3O2+. The molecule has 4 rings (SSSR count). The topological polar surface area (TPSA) is 59.4 Å². The maximum absolute atomic E-state index is 12.7. The first-order valence-corrected chi connectivity index (χ1v) is 7.35. The van der Waals surface area contributed by atoms with Gasteiger partial charge in [-0.2, -0.15) is 0 Å². The van der Waals surface area contributed by atoms with Crippen LogP contribution in [0.5, 0.6) is 5.75 Å². The molecule has 1 aliphatic heterocycles. The number of ether oxygens (including phenoxy) is 1. The summed E-state index contributed by atoms with van der Waals surface area (Å²) in [6.07, 6.45) is 1.80. The van der Waals surface area contributed by atoms with Gasteiger partial charge >= 0.3 is 0 Å². The van der Waals surface area contributed by atoms with E-state index < -0.39 is 0 Å². The van der Waals surface area contributed by atoms with Gasteiger partial charge in [-0.25, -0.2) is 5.84 Å². The van der Waals surface area contributed by atoms with E-state index in [9.17, 15) is 4.79 Å². The molecule has 0 radical (unpaired) electrons. The van der Waals surface area contributed by atoms with E-state index in [1.165, 1.54) is 0 Å². The summed E-state index contributed by atoms with van der Waals surface area (Å²) in [5.41, 5.74) is 3.50. The number of fused-ring (bicyclic) bond motifs is 2. The highest BCUT2D eigenvalue weighted by Gasteiger charge is 2.29. The lowest BCUT2D eigenvalue weighted by Gasteiger charge is -2.15. The van der Waals surface area contributed by atoms with Crippen LogP contribution in [0.4, 0.5) is 5.69 Å². The third kappa shape index (κ3) is 2.09. The molecule has 1 aromatic heterocycles. The molecule has 3 aromatic rings. The summed E-state index contributed by atoms with van der Waals surface area (Å²) in [7, 11) is 1.60. The second-order valence-electron chi connectivity index (χ2n) is 5.57. The van der Waals surface area contributed by atoms with Crippen LogP contribution in [0.2, 0.25) is 0 Å². The van der Waals surface area contributed by atoms with Gasteiger partial charge in [-0.3, -0.25) is 4.79 Å². The minimum absolute atomic E-state index is 0.00481. The van der Waals surface area contributed by atoms with Gasteiger partial charge in [0.25, 0.3) is 5.91 Å². The number of aromatic nitrogens is 1. The second kappa shape index (κ2) is 4.98. The quantitative estimate of drug-likeness (QED) is 0.582. The van der Waals surface area contributed by atoms with Crippen LogP contribution in [0.15, 0.2) is 54.7 Å². The van der Waals surface area contributed by atoms with Gasteiger partial charge in [0.1, 0.15) is 5.75 Å². The van der Waals surface area contributed by atoms with Gasteiger partial charge in [0, 0.05) is 23.4 Å². The van der Waals surface area contributed by atoms with Crippen molar-refractivity contribution in [3.8, 4) is 5.75 Å². The third-order valence-electron chi connectivity index (χ3n) is 4.24. The van der Waals surface area contributed by atoms with Gasteiger partial charge in [-0.15, -0.1) is 0 Å². The standard InChI is InChI=1S/C18H16N3O2/c1-23-15-6-4-13-11-20(18(22)16(13)10-15)14-5-7-17-12(9-14)3-2-8-21(17)19/h2-10H,11,19H2,1H3/q+1. The highest BCUT2D eigenvalue weighted by Crippen LogP contribution is 2.31. The summed E-state index contributed by atoms with van der Waals surface area (Å²) in [4.78, 5) is 14.5. The normalized spacial score (nSPS) is 13.4. The average Bonchev–Trinajstić information content (AvgIpc) is 2.91. The van der Waals surface area contributed by atoms with Crippen molar-refractivity contribution in [2.75, 3.05) is 17.9 Å². The van der Waals surface area contributed by atoms with Gasteiger partial charge in [0.05, 0.1) is 19.0 Å². The molecule has 5 heteroatoms. The van der Waals surface area contributed by atoms with Crippen molar-refractivity contribution in [1.29, 1.82) is 0 Å². The molecule has 0 unspecified atom stereocenters. The van der Waals surface area contributed by atoms with Crippen LogP contribution in [0.1, 0.15) is 15.9 Å². The molecule has 0 aliphatic carbocycles. The monoisotopic (exact) mass is 306 g/mol. The van der Waals surface area contributed by atoms with E-state index >= 15 is 0 Å². The van der Waals surface area contributed by atoms with Gasteiger partial charge in [-0.1, -0.05) is 10.7 Å². The van der Waals surface area contributed by atoms with Crippen LogP contribution in [-0.2, 0) is 6.54 Å². The number of nitrogen functional groups attached to an aromatic ring is 1. The first-order valence-electron chi connectivity index (χ1n) is 7.35. The lowest BCUT2D eigenvalue weighted by Crippen LogP contribution is -2.44. The van der Waals surface area contributed by atoms with Crippen molar-refractivity contribution in [2.24, 2.45) is 0 Å². The molecule has 0 spiro atoms. The smallest absolute Gasteiger partial charge is 0.259 e. The van der Waals surface area contributed by atoms with Crippen LogP contribution >= 0.6 is 0 Å². The van der Waals surface area contributed by atoms with Crippen LogP contribution in [0.25, 0.3) is 10.9 Å². The first-order chi connectivity index (χ1) is 11.2. The average molecular weight is 306 g/mol. The van der Waals surface area contributed by atoms with Crippen molar-refractivity contribution in [3.05, 3.63) is 65.9 Å². The molecule has 0 fully saturated rings. The molecule has 2 N–H and O–H groups in total. The fraction of sp³-hybridized carbons (Fsp3) is 0.111. The van der Waals surface area contributed by atoms with Crippen molar-refractivity contribution >= 4 is 22.5 Å². The zero-order valence-electron chi connectivity index (χ0n) is 12.7. The number of carbonyl (C=O) groups excluding carboxylic acids is 1. The van der Waals surface area contributed by atoms with Crippen molar-refractivity contribution < 1.29 is 14.2 Å². The molecule has 5 nitrogen and oxygen atoms in total. The van der Waals surface area contributed by atoms with Crippen molar-refractivity contribution in [3.63, 3.8) is 0 Å². The van der Waals surface area contributed by atoms with Gasteiger partial charge < -0.3 is 9.64 Å². The lowest BCUT2D eigenvalue weighted by molar-refractivity contribution is -0.611. The molecule has 1 aliphatic rings. The van der Waals surface area contributed by atoms with Crippen LogP contribution in [0, 0.1) is 0 Å². The molecule has 23 heavy (non-hydrogen) atoms. The van der Waals surface area contributed by atoms with Gasteiger partial charge in [0.2, 0.25) is 5.52 Å². The molecule has 0 atom stereocenters. The van der Waals surface area contributed by atoms with E-state index in [1.54, 1.807) is 28.9 Å². The van der Waals surface area contributed by atoms with E-state index in [0.717, 1.165) is 22.2 Å². The second-order valence-corrected chi connectivity index (χ2v) is 5.57. The Morgan fingerprint density at radius 1 is 1.17 bits per heavy atom. The van der Waals surface area contributed by atoms with Crippen LogP contribution in [0.3, 0.4) is 0 Å². The largest absolute Gasteiger partial charge is 0.497 e. The number of pyridine rings is 1. The first kappa shape index (κ1) is 13.6. The van der Waals surface area contributed by atoms with Crippen molar-refractivity contribution in [2.45, 2.75) is 6.54 Å². The molecule has 2 aromatic carbocycles. The number of carbonyl (C=O) groups is 1. The minimum Gasteiger partial charge on any atom is -0.497 e. The molecule has 1 amide bonds. The number of hydrogen-bond donors (Lipinski definition) is 1. The Labute approximate surface area is 133 Å². The number of anilines is 1. The SMILES string of the molecule is COc1ccc2c(c1)C(=O)N(c1ccc3c(ccc[n+]3N)c1)C2. The molecule has 0 bridgehead atoms. The zero-order chi connectivity index (χ0) is 16.0. The Hall–Kier alpha value is -3.08. The molecule has 0 saturated heterocycles. The highest BCUT2D eigenvalue weighted by atomic mass is 16.5. The summed E-state index contributed by atoms with van der Waals surface area (Å²) in [5, 5.41) is 0.994. The number of nitrogens with two attached hydrogens (primary N) is 1. The molecular weight excluding hydrogens is 290 g/mol. The summed E-state index contributed by atoms with van der Waals surface area (Å²) >= 11 is 0. The summed E-state index contributed by atoms with van der Waals surface area (Å²) in [5.74, 6) is 6.60. The van der Waals surface area contributed by atoms with Crippen LogP contribution < -0.4 is 20.2 Å². The maximum Gasteiger partial charge on any atom is 0.259 e. The van der Waals surface area contributed by atoms with E-state index in [4.69, 9.17) is 10.6 Å². The number of hydrogen-bond acceptors (Lipinski definition) is 3. The summed E-state index contributed by atoms with van der Waals surface area (Å²) < 4.78 is 6.79. The summed E-state index contributed by atoms with van der Waals surface area (Å²) in [6, 6.07) is 15.3. The number of methoxy groups -OCH3 is 1. The molecule has 2 heterocycles. The Kier molecular flexibility index (Phi) is 2.94. The maximum atomic E-state index is 12.7. The number of nitrogens with zero attached hydrogens (tertiary/aromatic N) is 2. The zero-order valence-corrected chi connectivity index (χ0v) is 12.7. The predicted molar refractivity (Wildman–Crippen MR) is 87.8 cm³/mol. The van der Waals surface area contributed by atoms with E-state index in [2.05, 4.69) is 0 Å². The lowest BCUT2D eigenvalue weighted by atomic mass is 10.1. The van der Waals surface area contributed by atoms with Crippen LogP contribution in [-0.4, -0.2) is 13.0 Å². The number of amides is 1. The van der Waals surface area contributed by atoms with Crippen molar-refractivity contribution in [1.82, 2.24) is 0 Å². The van der Waals surface area contributed by atoms with E-state index in [1.807, 2.05) is 42.5 Å². The third-order valence-corrected chi connectivity index (χ3v) is 4.24. The van der Waals surface area contributed by atoms with Gasteiger partial charge in [0.15, 0.2) is 6.20 Å². The molecule has 114 valence electrons. The molecule has 0 saturated carbocycles.